The molecule has 1 fully saturated rings. The van der Waals surface area contributed by atoms with Crippen LogP contribution in [0.15, 0.2) is 16.6 Å². The lowest BCUT2D eigenvalue weighted by Crippen LogP contribution is -2.32. The van der Waals surface area contributed by atoms with E-state index in [0.717, 1.165) is 31.5 Å². The minimum atomic E-state index is -1.17. The first-order chi connectivity index (χ1) is 13.6. The first-order valence-corrected chi connectivity index (χ1v) is 10.1. The predicted octanol–water partition coefficient (Wildman–Crippen LogP) is 1.72. The Morgan fingerprint density at radius 1 is 1.31 bits per heavy atom. The molecule has 0 bridgehead atoms. The lowest BCUT2D eigenvalue weighted by molar-refractivity contribution is -0.138. The number of carbonyl (C=O) groups is 1. The van der Waals surface area contributed by atoms with E-state index in [1.807, 2.05) is 6.92 Å². The van der Waals surface area contributed by atoms with Gasteiger partial charge in [0.15, 0.2) is 0 Å². The summed E-state index contributed by atoms with van der Waals surface area (Å²) in [5, 5.41) is 9.98. The van der Waals surface area contributed by atoms with Crippen LogP contribution < -0.4 is 5.56 Å². The lowest BCUT2D eigenvalue weighted by atomic mass is 9.98. The van der Waals surface area contributed by atoms with Crippen molar-refractivity contribution in [1.82, 2.24) is 9.47 Å². The molecule has 2 aliphatic rings. The standard InChI is InChI=1S/C23H30N2O4/c1-15-12-18-20(17(6-9-23(2,3)28)13-25(5)21(18)26)19(15)22(27)29-14-16-7-10-24(4)11-8-16/h13,16,28H,7-8,10-12,14H2,1-5H3. The lowest BCUT2D eigenvalue weighted by Gasteiger charge is -2.28. The van der Waals surface area contributed by atoms with Gasteiger partial charge in [-0.2, -0.15) is 0 Å². The molecule has 0 unspecified atom stereocenters. The van der Waals surface area contributed by atoms with Crippen molar-refractivity contribution in [2.75, 3.05) is 26.7 Å². The summed E-state index contributed by atoms with van der Waals surface area (Å²) in [6.45, 7) is 7.48. The van der Waals surface area contributed by atoms with Crippen LogP contribution >= 0.6 is 0 Å². The number of nitrogens with zero attached hydrogens (tertiary/aromatic N) is 2. The summed E-state index contributed by atoms with van der Waals surface area (Å²) >= 11 is 0. The Morgan fingerprint density at radius 3 is 2.59 bits per heavy atom. The third-order valence-electron chi connectivity index (χ3n) is 5.59. The summed E-state index contributed by atoms with van der Waals surface area (Å²) < 4.78 is 7.16. The van der Waals surface area contributed by atoms with Gasteiger partial charge in [-0.25, -0.2) is 4.79 Å². The minimum absolute atomic E-state index is 0.133. The maximum absolute atomic E-state index is 13.0. The van der Waals surface area contributed by atoms with Crippen LogP contribution in [-0.2, 0) is 23.0 Å². The second-order valence-corrected chi connectivity index (χ2v) is 8.80. The Labute approximate surface area is 172 Å². The molecule has 1 aromatic heterocycles. The number of hydrogen-bond donors (Lipinski definition) is 1. The van der Waals surface area contributed by atoms with Crippen LogP contribution in [0.2, 0.25) is 0 Å². The molecule has 1 aliphatic heterocycles. The molecule has 29 heavy (non-hydrogen) atoms. The summed E-state index contributed by atoms with van der Waals surface area (Å²) in [5.74, 6) is 5.73. The zero-order valence-electron chi connectivity index (χ0n) is 18.0. The van der Waals surface area contributed by atoms with Crippen molar-refractivity contribution in [3.8, 4) is 11.8 Å². The average Bonchev–Trinajstić information content (AvgIpc) is 2.99. The molecule has 0 spiro atoms. The number of pyridine rings is 1. The fraction of sp³-hybridized carbons (Fsp3) is 0.565. The summed E-state index contributed by atoms with van der Waals surface area (Å²) in [6.07, 6.45) is 4.07. The highest BCUT2D eigenvalue weighted by atomic mass is 16.5. The second-order valence-electron chi connectivity index (χ2n) is 8.80. The normalized spacial score (nSPS) is 17.7. The van der Waals surface area contributed by atoms with Crippen molar-refractivity contribution in [2.45, 2.75) is 45.6 Å². The zero-order chi connectivity index (χ0) is 21.3. The zero-order valence-corrected chi connectivity index (χ0v) is 18.0. The van der Waals surface area contributed by atoms with Crippen molar-refractivity contribution in [1.29, 1.82) is 0 Å². The molecule has 1 aromatic rings. The maximum atomic E-state index is 13.0. The predicted molar refractivity (Wildman–Crippen MR) is 112 cm³/mol. The van der Waals surface area contributed by atoms with Crippen LogP contribution in [0.5, 0.6) is 0 Å². The smallest absolute Gasteiger partial charge is 0.338 e. The molecule has 0 amide bonds. The van der Waals surface area contributed by atoms with E-state index in [1.165, 1.54) is 4.57 Å². The van der Waals surface area contributed by atoms with Gasteiger partial charge in [0, 0.05) is 36.4 Å². The molecule has 1 aliphatic carbocycles. The van der Waals surface area contributed by atoms with Crippen LogP contribution in [0.1, 0.15) is 50.3 Å². The molecule has 3 rings (SSSR count). The van der Waals surface area contributed by atoms with E-state index in [4.69, 9.17) is 4.74 Å². The molecule has 0 aromatic carbocycles. The molecule has 0 radical (unpaired) electrons. The number of rotatable bonds is 3. The number of aryl methyl sites for hydroxylation is 1. The quantitative estimate of drug-likeness (QED) is 0.620. The summed E-state index contributed by atoms with van der Waals surface area (Å²) in [4.78, 5) is 27.9. The van der Waals surface area contributed by atoms with Crippen molar-refractivity contribution in [2.24, 2.45) is 13.0 Å². The first-order valence-electron chi connectivity index (χ1n) is 10.1. The van der Waals surface area contributed by atoms with E-state index in [2.05, 4.69) is 23.8 Å². The van der Waals surface area contributed by atoms with Crippen molar-refractivity contribution in [3.05, 3.63) is 38.8 Å². The number of aromatic nitrogens is 1. The number of ether oxygens (including phenoxy) is 1. The van der Waals surface area contributed by atoms with Gasteiger partial charge in [0.05, 0.1) is 12.2 Å². The number of piperidine rings is 1. The number of hydrogen-bond acceptors (Lipinski definition) is 5. The van der Waals surface area contributed by atoms with E-state index >= 15 is 0 Å². The van der Waals surface area contributed by atoms with E-state index in [-0.39, 0.29) is 11.5 Å². The van der Waals surface area contributed by atoms with Gasteiger partial charge in [-0.3, -0.25) is 4.79 Å². The van der Waals surface area contributed by atoms with Gasteiger partial charge >= 0.3 is 5.97 Å². The average molecular weight is 399 g/mol. The summed E-state index contributed by atoms with van der Waals surface area (Å²) in [5.41, 5.74) is 1.66. The Balaban J connectivity index is 1.89. The van der Waals surface area contributed by atoms with Crippen molar-refractivity contribution in [3.63, 3.8) is 0 Å². The third-order valence-corrected chi connectivity index (χ3v) is 5.59. The molecule has 1 saturated heterocycles. The maximum Gasteiger partial charge on any atom is 0.338 e. The van der Waals surface area contributed by atoms with Crippen LogP contribution in [0.25, 0.3) is 5.57 Å². The fourth-order valence-corrected chi connectivity index (χ4v) is 3.90. The van der Waals surface area contributed by atoms with Gasteiger partial charge in [-0.1, -0.05) is 17.4 Å². The topological polar surface area (TPSA) is 71.8 Å². The number of fused-ring (bicyclic) bond motifs is 1. The molecule has 0 atom stereocenters. The van der Waals surface area contributed by atoms with Gasteiger partial charge in [-0.05, 0) is 59.7 Å². The molecule has 156 valence electrons. The Morgan fingerprint density at radius 2 is 1.97 bits per heavy atom. The molecule has 2 heterocycles. The number of allylic oxidation sites excluding steroid dienone is 1. The highest BCUT2D eigenvalue weighted by Gasteiger charge is 2.31. The summed E-state index contributed by atoms with van der Waals surface area (Å²) in [6, 6.07) is 0. The molecular formula is C23H30N2O4. The minimum Gasteiger partial charge on any atom is -0.462 e. The van der Waals surface area contributed by atoms with E-state index in [0.29, 0.717) is 41.2 Å². The van der Waals surface area contributed by atoms with E-state index < -0.39 is 5.60 Å². The Kier molecular flexibility index (Phi) is 6.02. The van der Waals surface area contributed by atoms with Crippen molar-refractivity contribution >= 4 is 11.5 Å². The van der Waals surface area contributed by atoms with Gasteiger partial charge in [0.2, 0.25) is 0 Å². The first kappa shape index (κ1) is 21.4. The molecule has 6 heteroatoms. The fourth-order valence-electron chi connectivity index (χ4n) is 3.90. The van der Waals surface area contributed by atoms with Gasteiger partial charge in [0.1, 0.15) is 5.60 Å². The number of esters is 1. The largest absolute Gasteiger partial charge is 0.462 e. The highest BCUT2D eigenvalue weighted by molar-refractivity contribution is 6.19. The SMILES string of the molecule is CC1=C(C(=O)OCC2CCN(C)CC2)c2c(C#CC(C)(C)O)cn(C)c(=O)c2C1. The van der Waals surface area contributed by atoms with Crippen LogP contribution in [0.3, 0.4) is 0 Å². The molecule has 1 N–H and O–H groups in total. The highest BCUT2D eigenvalue weighted by Crippen LogP contribution is 2.34. The van der Waals surface area contributed by atoms with Crippen LogP contribution in [0.4, 0.5) is 0 Å². The number of carbonyl (C=O) groups excluding carboxylic acids is 1. The molecular weight excluding hydrogens is 368 g/mol. The van der Waals surface area contributed by atoms with E-state index in [1.54, 1.807) is 27.1 Å². The Hall–Kier alpha value is -2.36. The van der Waals surface area contributed by atoms with E-state index in [9.17, 15) is 14.7 Å². The van der Waals surface area contributed by atoms with Gasteiger partial charge in [-0.15, -0.1) is 0 Å². The monoisotopic (exact) mass is 398 g/mol. The molecule has 6 nitrogen and oxygen atoms in total. The summed E-state index contributed by atoms with van der Waals surface area (Å²) in [7, 11) is 3.77. The number of likely N-dealkylation sites (tertiary alicyclic amines) is 1. The van der Waals surface area contributed by atoms with Crippen LogP contribution in [-0.4, -0.2) is 52.9 Å². The van der Waals surface area contributed by atoms with Gasteiger partial charge in [0.25, 0.3) is 5.56 Å². The Bertz CT molecular complexity index is 962. The molecule has 0 saturated carbocycles. The second kappa shape index (κ2) is 8.17. The van der Waals surface area contributed by atoms with Crippen LogP contribution in [0, 0.1) is 17.8 Å². The number of aliphatic hydroxyl groups is 1. The van der Waals surface area contributed by atoms with Crippen molar-refractivity contribution < 1.29 is 14.6 Å². The van der Waals surface area contributed by atoms with Gasteiger partial charge < -0.3 is 19.3 Å². The third kappa shape index (κ3) is 4.80.